The first-order valence-corrected chi connectivity index (χ1v) is 7.00. The highest BCUT2D eigenvalue weighted by atomic mass is 32.1. The third-order valence-corrected chi connectivity index (χ3v) is 2.87. The van der Waals surface area contributed by atoms with Gasteiger partial charge in [-0.25, -0.2) is 4.98 Å². The average Bonchev–Trinajstić information content (AvgIpc) is 2.68. The molecule has 3 N–H and O–H groups in total. The molecular formula is C12H21N3O2S. The smallest absolute Gasteiger partial charge is 0.226 e. The maximum absolute atomic E-state index is 11.5. The molecule has 5 nitrogen and oxygen atoms in total. The monoisotopic (exact) mass is 271 g/mol. The highest BCUT2D eigenvalue weighted by Crippen LogP contribution is 2.11. The second-order valence-electron chi connectivity index (χ2n) is 4.53. The van der Waals surface area contributed by atoms with Gasteiger partial charge in [-0.15, -0.1) is 11.3 Å². The minimum Gasteiger partial charge on any atom is -0.381 e. The lowest BCUT2D eigenvalue weighted by Gasteiger charge is -2.07. The normalized spacial score (nSPS) is 10.8. The first kappa shape index (κ1) is 14.9. The Kier molecular flexibility index (Phi) is 6.67. The van der Waals surface area contributed by atoms with Crippen LogP contribution in [0.2, 0.25) is 0 Å². The maximum atomic E-state index is 11.5. The molecule has 1 amide bonds. The first-order valence-electron chi connectivity index (χ1n) is 6.12. The number of ether oxygens (including phenoxy) is 1. The summed E-state index contributed by atoms with van der Waals surface area (Å²) in [6.07, 6.45) is 1.12. The van der Waals surface area contributed by atoms with E-state index >= 15 is 0 Å². The summed E-state index contributed by atoms with van der Waals surface area (Å²) < 4.78 is 5.42. The molecule has 0 saturated heterocycles. The molecule has 6 heteroatoms. The number of carbonyl (C=O) groups is 1. The Labute approximate surface area is 112 Å². The molecule has 0 bridgehead atoms. The number of nitrogen functional groups attached to an aromatic ring is 1. The SMILES string of the molecule is CC(C)COCCCNC(=O)Cc1csc(N)n1. The molecule has 0 spiro atoms. The number of rotatable bonds is 8. The molecule has 0 fully saturated rings. The van der Waals surface area contributed by atoms with Crippen LogP contribution in [0.5, 0.6) is 0 Å². The number of anilines is 1. The molecule has 0 radical (unpaired) electrons. The molecule has 18 heavy (non-hydrogen) atoms. The van der Waals surface area contributed by atoms with Crippen LogP contribution in [0.1, 0.15) is 26.0 Å². The summed E-state index contributed by atoms with van der Waals surface area (Å²) in [7, 11) is 0. The highest BCUT2D eigenvalue weighted by molar-refractivity contribution is 7.13. The molecule has 1 rings (SSSR count). The minimum atomic E-state index is -0.0239. The van der Waals surface area contributed by atoms with E-state index in [1.165, 1.54) is 11.3 Å². The molecule has 1 aromatic heterocycles. The largest absolute Gasteiger partial charge is 0.381 e. The van der Waals surface area contributed by atoms with E-state index in [1.54, 1.807) is 5.38 Å². The number of nitrogens with two attached hydrogens (primary N) is 1. The van der Waals surface area contributed by atoms with Crippen molar-refractivity contribution in [2.24, 2.45) is 5.92 Å². The quantitative estimate of drug-likeness (QED) is 0.702. The van der Waals surface area contributed by atoms with Crippen molar-refractivity contribution in [3.63, 3.8) is 0 Å². The summed E-state index contributed by atoms with van der Waals surface area (Å²) in [5, 5.41) is 5.14. The molecule has 1 heterocycles. The van der Waals surface area contributed by atoms with E-state index in [9.17, 15) is 4.79 Å². The summed E-state index contributed by atoms with van der Waals surface area (Å²) in [6, 6.07) is 0. The standard InChI is InChI=1S/C12H21N3O2S/c1-9(2)7-17-5-3-4-14-11(16)6-10-8-18-12(13)15-10/h8-9H,3-7H2,1-2H3,(H2,13,15)(H,14,16). The van der Waals surface area contributed by atoms with Crippen molar-refractivity contribution in [3.8, 4) is 0 Å². The van der Waals surface area contributed by atoms with Gasteiger partial charge in [-0.2, -0.15) is 0 Å². The lowest BCUT2D eigenvalue weighted by molar-refractivity contribution is -0.120. The Hall–Kier alpha value is -1.14. The van der Waals surface area contributed by atoms with Gasteiger partial charge < -0.3 is 15.8 Å². The van der Waals surface area contributed by atoms with Crippen molar-refractivity contribution >= 4 is 22.4 Å². The van der Waals surface area contributed by atoms with Gasteiger partial charge in [0, 0.05) is 25.1 Å². The van der Waals surface area contributed by atoms with E-state index in [1.807, 2.05) is 0 Å². The van der Waals surface area contributed by atoms with Crippen molar-refractivity contribution in [1.82, 2.24) is 10.3 Å². The third-order valence-electron chi connectivity index (χ3n) is 2.15. The maximum Gasteiger partial charge on any atom is 0.226 e. The fraction of sp³-hybridized carbons (Fsp3) is 0.667. The van der Waals surface area contributed by atoms with Crippen LogP contribution in [0.15, 0.2) is 5.38 Å². The molecule has 102 valence electrons. The van der Waals surface area contributed by atoms with Gasteiger partial charge in [-0.05, 0) is 12.3 Å². The molecule has 0 aliphatic carbocycles. The molecule has 0 unspecified atom stereocenters. The average molecular weight is 271 g/mol. The van der Waals surface area contributed by atoms with E-state index < -0.39 is 0 Å². The fourth-order valence-electron chi connectivity index (χ4n) is 1.35. The van der Waals surface area contributed by atoms with Gasteiger partial charge in [0.1, 0.15) is 0 Å². The molecule has 0 aromatic carbocycles. The van der Waals surface area contributed by atoms with E-state index in [2.05, 4.69) is 24.1 Å². The van der Waals surface area contributed by atoms with E-state index in [0.29, 0.717) is 30.6 Å². The number of nitrogens with zero attached hydrogens (tertiary/aromatic N) is 1. The van der Waals surface area contributed by atoms with Gasteiger partial charge in [0.2, 0.25) is 5.91 Å². The molecule has 0 saturated carbocycles. The van der Waals surface area contributed by atoms with Crippen molar-refractivity contribution in [1.29, 1.82) is 0 Å². The van der Waals surface area contributed by atoms with Gasteiger partial charge in [0.25, 0.3) is 0 Å². The number of hydrogen-bond acceptors (Lipinski definition) is 5. The number of amides is 1. The highest BCUT2D eigenvalue weighted by Gasteiger charge is 2.05. The Morgan fingerprint density at radius 1 is 1.61 bits per heavy atom. The lowest BCUT2D eigenvalue weighted by atomic mass is 10.2. The van der Waals surface area contributed by atoms with Crippen LogP contribution in [0.25, 0.3) is 0 Å². The van der Waals surface area contributed by atoms with E-state index in [-0.39, 0.29) is 5.91 Å². The van der Waals surface area contributed by atoms with Gasteiger partial charge in [-0.1, -0.05) is 13.8 Å². The van der Waals surface area contributed by atoms with E-state index in [4.69, 9.17) is 10.5 Å². The predicted octanol–water partition coefficient (Wildman–Crippen LogP) is 1.45. The zero-order valence-electron chi connectivity index (χ0n) is 10.9. The molecule has 0 aliphatic heterocycles. The molecular weight excluding hydrogens is 250 g/mol. The van der Waals surface area contributed by atoms with Crippen LogP contribution in [0.4, 0.5) is 5.13 Å². The zero-order chi connectivity index (χ0) is 13.4. The number of thiazole rings is 1. The number of nitrogens with one attached hydrogen (secondary N) is 1. The Morgan fingerprint density at radius 3 is 3.00 bits per heavy atom. The van der Waals surface area contributed by atoms with Crippen molar-refractivity contribution in [3.05, 3.63) is 11.1 Å². The summed E-state index contributed by atoms with van der Waals surface area (Å²) in [6.45, 7) is 6.31. The van der Waals surface area contributed by atoms with Gasteiger partial charge in [-0.3, -0.25) is 4.79 Å². The van der Waals surface area contributed by atoms with Crippen LogP contribution in [0, 0.1) is 5.92 Å². The fourth-order valence-corrected chi connectivity index (χ4v) is 1.91. The topological polar surface area (TPSA) is 77.2 Å². The third kappa shape index (κ3) is 6.56. The number of hydrogen-bond donors (Lipinski definition) is 2. The number of aromatic nitrogens is 1. The van der Waals surface area contributed by atoms with Crippen molar-refractivity contribution in [2.45, 2.75) is 26.7 Å². The summed E-state index contributed by atoms with van der Waals surface area (Å²) in [5.41, 5.74) is 6.22. The molecule has 0 atom stereocenters. The minimum absolute atomic E-state index is 0.0239. The van der Waals surface area contributed by atoms with Crippen LogP contribution in [0.3, 0.4) is 0 Å². The van der Waals surface area contributed by atoms with Crippen LogP contribution < -0.4 is 11.1 Å². The zero-order valence-corrected chi connectivity index (χ0v) is 11.8. The van der Waals surface area contributed by atoms with E-state index in [0.717, 1.165) is 18.7 Å². The molecule has 0 aliphatic rings. The van der Waals surface area contributed by atoms with Gasteiger partial charge in [0.15, 0.2) is 5.13 Å². The van der Waals surface area contributed by atoms with Gasteiger partial charge in [0.05, 0.1) is 12.1 Å². The van der Waals surface area contributed by atoms with Gasteiger partial charge >= 0.3 is 0 Å². The number of carbonyl (C=O) groups excluding carboxylic acids is 1. The van der Waals surface area contributed by atoms with Crippen LogP contribution in [-0.4, -0.2) is 30.6 Å². The Morgan fingerprint density at radius 2 is 2.39 bits per heavy atom. The predicted molar refractivity (Wildman–Crippen MR) is 73.5 cm³/mol. The second kappa shape index (κ2) is 8.05. The lowest BCUT2D eigenvalue weighted by Crippen LogP contribution is -2.27. The van der Waals surface area contributed by atoms with Crippen molar-refractivity contribution in [2.75, 3.05) is 25.5 Å². The summed E-state index contributed by atoms with van der Waals surface area (Å²) in [5.74, 6) is 0.527. The second-order valence-corrected chi connectivity index (χ2v) is 5.42. The Balaban J connectivity index is 2.03. The summed E-state index contributed by atoms with van der Waals surface area (Å²) >= 11 is 1.35. The van der Waals surface area contributed by atoms with Crippen LogP contribution >= 0.6 is 11.3 Å². The first-order chi connectivity index (χ1) is 8.58. The van der Waals surface area contributed by atoms with Crippen LogP contribution in [-0.2, 0) is 16.0 Å². The summed E-state index contributed by atoms with van der Waals surface area (Å²) in [4.78, 5) is 15.6. The molecule has 1 aromatic rings. The Bertz CT molecular complexity index is 366. The van der Waals surface area contributed by atoms with Crippen molar-refractivity contribution < 1.29 is 9.53 Å².